The number of ether oxygens (including phenoxy) is 1. The Morgan fingerprint density at radius 3 is 3.00 bits per heavy atom. The van der Waals surface area contributed by atoms with E-state index in [0.29, 0.717) is 17.6 Å². The van der Waals surface area contributed by atoms with E-state index in [1.54, 1.807) is 6.07 Å². The van der Waals surface area contributed by atoms with E-state index in [1.807, 2.05) is 7.05 Å². The highest BCUT2D eigenvalue weighted by Crippen LogP contribution is 2.50. The molecule has 2 nitrogen and oxygen atoms in total. The lowest BCUT2D eigenvalue weighted by Crippen LogP contribution is -2.10. The Bertz CT molecular complexity index is 384. The van der Waals surface area contributed by atoms with Crippen LogP contribution < -0.4 is 10.1 Å². The Kier molecular flexibility index (Phi) is 3.94. The van der Waals surface area contributed by atoms with Crippen LogP contribution >= 0.6 is 0 Å². The van der Waals surface area contributed by atoms with E-state index in [9.17, 15) is 8.78 Å². The van der Waals surface area contributed by atoms with Crippen molar-refractivity contribution in [1.82, 2.24) is 5.32 Å². The van der Waals surface area contributed by atoms with Crippen molar-refractivity contribution < 1.29 is 13.5 Å². The first-order valence-corrected chi connectivity index (χ1v) is 5.89. The molecule has 1 aromatic carbocycles. The molecule has 0 heterocycles. The van der Waals surface area contributed by atoms with Gasteiger partial charge in [-0.15, -0.1) is 0 Å². The first-order valence-electron chi connectivity index (χ1n) is 5.89. The molecule has 0 radical (unpaired) electrons. The fourth-order valence-corrected chi connectivity index (χ4v) is 2.21. The Hall–Kier alpha value is -1.16. The van der Waals surface area contributed by atoms with Crippen LogP contribution in [0.4, 0.5) is 8.78 Å². The third-order valence-corrected chi connectivity index (χ3v) is 3.09. The summed E-state index contributed by atoms with van der Waals surface area (Å²) < 4.78 is 30.6. The fourth-order valence-electron chi connectivity index (χ4n) is 2.21. The average molecular weight is 241 g/mol. The van der Waals surface area contributed by atoms with Crippen LogP contribution in [0.1, 0.15) is 17.9 Å². The highest BCUT2D eigenvalue weighted by molar-refractivity contribution is 5.40. The molecule has 1 aromatic rings. The molecule has 2 atom stereocenters. The lowest BCUT2D eigenvalue weighted by Gasteiger charge is -2.10. The smallest absolute Gasteiger partial charge is 0.123 e. The van der Waals surface area contributed by atoms with Gasteiger partial charge in [-0.2, -0.15) is 0 Å². The molecular formula is C13H17F2NO. The molecule has 0 unspecified atom stereocenters. The molecule has 1 aliphatic carbocycles. The van der Waals surface area contributed by atoms with Gasteiger partial charge < -0.3 is 10.1 Å². The summed E-state index contributed by atoms with van der Waals surface area (Å²) in [6.07, 6.45) is 1.04. The van der Waals surface area contributed by atoms with E-state index >= 15 is 0 Å². The van der Waals surface area contributed by atoms with E-state index in [0.717, 1.165) is 18.5 Å². The molecule has 2 rings (SSSR count). The van der Waals surface area contributed by atoms with Gasteiger partial charge in [0.05, 0.1) is 0 Å². The second-order valence-electron chi connectivity index (χ2n) is 4.38. The lowest BCUT2D eigenvalue weighted by atomic mass is 10.1. The molecule has 17 heavy (non-hydrogen) atoms. The second-order valence-corrected chi connectivity index (χ2v) is 4.38. The molecule has 1 saturated carbocycles. The molecular weight excluding hydrogens is 224 g/mol. The summed E-state index contributed by atoms with van der Waals surface area (Å²) in [6, 6.07) is 4.45. The van der Waals surface area contributed by atoms with Gasteiger partial charge >= 0.3 is 0 Å². The normalized spacial score (nSPS) is 22.5. The van der Waals surface area contributed by atoms with Crippen LogP contribution in [0, 0.1) is 11.7 Å². The van der Waals surface area contributed by atoms with Crippen molar-refractivity contribution in [3.63, 3.8) is 0 Å². The molecule has 1 N–H and O–H groups in total. The van der Waals surface area contributed by atoms with E-state index in [4.69, 9.17) is 4.74 Å². The zero-order chi connectivity index (χ0) is 12.3. The number of benzene rings is 1. The van der Waals surface area contributed by atoms with Gasteiger partial charge in [-0.1, -0.05) is 0 Å². The van der Waals surface area contributed by atoms with Crippen molar-refractivity contribution in [2.75, 3.05) is 26.9 Å². The summed E-state index contributed by atoms with van der Waals surface area (Å²) in [5, 5.41) is 3.11. The largest absolute Gasteiger partial charge is 0.491 e. The molecule has 0 aliphatic heterocycles. The van der Waals surface area contributed by atoms with Gasteiger partial charge in [-0.05, 0) is 50.0 Å². The molecule has 1 fully saturated rings. The SMILES string of the molecule is CNC[C@H]1C[C@@H]1c1cc(F)ccc1OCCF. The predicted molar refractivity (Wildman–Crippen MR) is 62.6 cm³/mol. The number of hydrogen-bond acceptors (Lipinski definition) is 2. The molecule has 0 saturated heterocycles. The summed E-state index contributed by atoms with van der Waals surface area (Å²) >= 11 is 0. The topological polar surface area (TPSA) is 21.3 Å². The maximum Gasteiger partial charge on any atom is 0.123 e. The number of hydrogen-bond donors (Lipinski definition) is 1. The fraction of sp³-hybridized carbons (Fsp3) is 0.538. The van der Waals surface area contributed by atoms with E-state index in [-0.39, 0.29) is 12.4 Å². The Labute approximate surface area is 100.0 Å². The number of nitrogens with one attached hydrogen (secondary N) is 1. The molecule has 0 aromatic heterocycles. The first-order chi connectivity index (χ1) is 8.26. The lowest BCUT2D eigenvalue weighted by molar-refractivity contribution is 0.270. The van der Waals surface area contributed by atoms with E-state index in [2.05, 4.69) is 5.32 Å². The number of alkyl halides is 1. The van der Waals surface area contributed by atoms with Crippen molar-refractivity contribution in [2.45, 2.75) is 12.3 Å². The molecule has 94 valence electrons. The summed E-state index contributed by atoms with van der Waals surface area (Å²) in [4.78, 5) is 0. The second kappa shape index (κ2) is 5.45. The third kappa shape index (κ3) is 2.94. The van der Waals surface area contributed by atoms with Crippen LogP contribution in [0.2, 0.25) is 0 Å². The van der Waals surface area contributed by atoms with Crippen LogP contribution in [0.3, 0.4) is 0 Å². The Balaban J connectivity index is 2.11. The van der Waals surface area contributed by atoms with E-state index < -0.39 is 6.67 Å². The third-order valence-electron chi connectivity index (χ3n) is 3.09. The Morgan fingerprint density at radius 2 is 2.29 bits per heavy atom. The molecule has 0 amide bonds. The molecule has 1 aliphatic rings. The Morgan fingerprint density at radius 1 is 1.47 bits per heavy atom. The monoisotopic (exact) mass is 241 g/mol. The van der Waals surface area contributed by atoms with Gasteiger partial charge in [-0.25, -0.2) is 8.78 Å². The van der Waals surface area contributed by atoms with Crippen LogP contribution in [-0.2, 0) is 0 Å². The first kappa shape index (κ1) is 12.3. The summed E-state index contributed by atoms with van der Waals surface area (Å²) in [7, 11) is 1.90. The minimum Gasteiger partial charge on any atom is -0.491 e. The standard InChI is InChI=1S/C13H17F2NO/c1-16-8-9-6-11(9)12-7-10(15)2-3-13(12)17-5-4-14/h2-3,7,9,11,16H,4-6,8H2,1H3/t9-,11+/m1/s1. The summed E-state index contributed by atoms with van der Waals surface area (Å²) in [5.74, 6) is 1.23. The van der Waals surface area contributed by atoms with Crippen LogP contribution in [0.15, 0.2) is 18.2 Å². The molecule has 4 heteroatoms. The van der Waals surface area contributed by atoms with Crippen molar-refractivity contribution in [3.05, 3.63) is 29.6 Å². The molecule has 0 bridgehead atoms. The minimum atomic E-state index is -0.526. The maximum atomic E-state index is 13.2. The van der Waals surface area contributed by atoms with Crippen LogP contribution in [0.5, 0.6) is 5.75 Å². The van der Waals surface area contributed by atoms with E-state index in [1.165, 1.54) is 12.1 Å². The van der Waals surface area contributed by atoms with Gasteiger partial charge in [0.25, 0.3) is 0 Å². The quantitative estimate of drug-likeness (QED) is 0.826. The van der Waals surface area contributed by atoms with Gasteiger partial charge in [-0.3, -0.25) is 0 Å². The zero-order valence-electron chi connectivity index (χ0n) is 9.88. The van der Waals surface area contributed by atoms with Gasteiger partial charge in [0.15, 0.2) is 0 Å². The highest BCUT2D eigenvalue weighted by Gasteiger charge is 2.39. The highest BCUT2D eigenvalue weighted by atomic mass is 19.1. The van der Waals surface area contributed by atoms with Gasteiger partial charge in [0.2, 0.25) is 0 Å². The number of rotatable bonds is 6. The van der Waals surface area contributed by atoms with Crippen molar-refractivity contribution in [3.8, 4) is 5.75 Å². The summed E-state index contributed by atoms with van der Waals surface area (Å²) in [5.41, 5.74) is 0.874. The average Bonchev–Trinajstić information content (AvgIpc) is 3.07. The van der Waals surface area contributed by atoms with Crippen molar-refractivity contribution in [1.29, 1.82) is 0 Å². The predicted octanol–water partition coefficient (Wildman–Crippen LogP) is 2.50. The molecule has 0 spiro atoms. The van der Waals surface area contributed by atoms with Gasteiger partial charge in [0.1, 0.15) is 24.8 Å². The van der Waals surface area contributed by atoms with Gasteiger partial charge in [0, 0.05) is 5.56 Å². The zero-order valence-corrected chi connectivity index (χ0v) is 9.88. The van der Waals surface area contributed by atoms with Crippen molar-refractivity contribution in [2.24, 2.45) is 5.92 Å². The maximum absolute atomic E-state index is 13.2. The van der Waals surface area contributed by atoms with Crippen LogP contribution in [0.25, 0.3) is 0 Å². The minimum absolute atomic E-state index is 0.0298. The number of halogens is 2. The summed E-state index contributed by atoms with van der Waals surface area (Å²) in [6.45, 7) is 0.424. The van der Waals surface area contributed by atoms with Crippen molar-refractivity contribution >= 4 is 0 Å². The van der Waals surface area contributed by atoms with Crippen LogP contribution in [-0.4, -0.2) is 26.9 Å².